The van der Waals surface area contributed by atoms with Gasteiger partial charge in [0.15, 0.2) is 0 Å². The molecule has 0 spiro atoms. The monoisotopic (exact) mass is 341 g/mol. The molecule has 0 atom stereocenters. The molecule has 0 unspecified atom stereocenters. The molecule has 1 aromatic carbocycles. The van der Waals surface area contributed by atoms with Crippen molar-refractivity contribution in [1.29, 1.82) is 0 Å². The lowest BCUT2D eigenvalue weighted by molar-refractivity contribution is 0.248. The van der Waals surface area contributed by atoms with Crippen LogP contribution in [0.3, 0.4) is 0 Å². The second kappa shape index (κ2) is 7.70. The van der Waals surface area contributed by atoms with E-state index in [1.165, 1.54) is 5.56 Å². The maximum Gasteiger partial charge on any atom is 0.227 e. The molecule has 134 valence electrons. The maximum absolute atomic E-state index is 5.31. The van der Waals surface area contributed by atoms with Crippen molar-refractivity contribution in [2.75, 3.05) is 57.2 Å². The molecule has 1 aromatic heterocycles. The number of benzene rings is 1. The number of piperazine rings is 1. The molecular weight excluding hydrogens is 314 g/mol. The van der Waals surface area contributed by atoms with Crippen LogP contribution in [-0.2, 0) is 6.54 Å². The standard InChI is InChI=1S/C19H27N5O/c1-15-12-18(22(2)3)21-19(20-15)24-10-8-23(9-11-24)14-16-6-5-7-17(13-16)25-4/h5-7,12-13H,8-11,14H2,1-4H3. The van der Waals surface area contributed by atoms with Gasteiger partial charge in [-0.3, -0.25) is 4.90 Å². The van der Waals surface area contributed by atoms with Crippen molar-refractivity contribution in [3.8, 4) is 5.75 Å². The Bertz CT molecular complexity index is 711. The van der Waals surface area contributed by atoms with Gasteiger partial charge in [-0.15, -0.1) is 0 Å². The highest BCUT2D eigenvalue weighted by atomic mass is 16.5. The van der Waals surface area contributed by atoms with Crippen molar-refractivity contribution in [3.63, 3.8) is 0 Å². The SMILES string of the molecule is COc1cccc(CN2CCN(c3nc(C)cc(N(C)C)n3)CC2)c1. The largest absolute Gasteiger partial charge is 0.497 e. The number of aryl methyl sites for hydroxylation is 1. The number of rotatable bonds is 5. The molecule has 1 fully saturated rings. The van der Waals surface area contributed by atoms with Crippen LogP contribution in [0.5, 0.6) is 5.75 Å². The summed E-state index contributed by atoms with van der Waals surface area (Å²) in [6.07, 6.45) is 0. The van der Waals surface area contributed by atoms with Gasteiger partial charge >= 0.3 is 0 Å². The van der Waals surface area contributed by atoms with Gasteiger partial charge in [-0.25, -0.2) is 4.98 Å². The number of aromatic nitrogens is 2. The summed E-state index contributed by atoms with van der Waals surface area (Å²) >= 11 is 0. The average molecular weight is 341 g/mol. The zero-order valence-corrected chi connectivity index (χ0v) is 15.6. The van der Waals surface area contributed by atoms with E-state index >= 15 is 0 Å². The zero-order valence-electron chi connectivity index (χ0n) is 15.6. The minimum absolute atomic E-state index is 0.838. The van der Waals surface area contributed by atoms with E-state index in [-0.39, 0.29) is 0 Å². The van der Waals surface area contributed by atoms with E-state index in [2.05, 4.69) is 26.9 Å². The summed E-state index contributed by atoms with van der Waals surface area (Å²) in [7, 11) is 5.73. The van der Waals surface area contributed by atoms with Gasteiger partial charge in [0.2, 0.25) is 5.95 Å². The van der Waals surface area contributed by atoms with Crippen LogP contribution in [0.2, 0.25) is 0 Å². The number of hydrogen-bond acceptors (Lipinski definition) is 6. The maximum atomic E-state index is 5.31. The quantitative estimate of drug-likeness (QED) is 0.831. The number of nitrogens with zero attached hydrogens (tertiary/aromatic N) is 5. The van der Waals surface area contributed by atoms with Crippen LogP contribution in [0.4, 0.5) is 11.8 Å². The van der Waals surface area contributed by atoms with Gasteiger partial charge in [-0.05, 0) is 24.6 Å². The van der Waals surface area contributed by atoms with Crippen molar-refractivity contribution in [1.82, 2.24) is 14.9 Å². The Labute approximate surface area is 150 Å². The van der Waals surface area contributed by atoms with Crippen LogP contribution in [-0.4, -0.2) is 62.3 Å². The number of anilines is 2. The number of methoxy groups -OCH3 is 1. The summed E-state index contributed by atoms with van der Waals surface area (Å²) in [6.45, 7) is 6.87. The summed E-state index contributed by atoms with van der Waals surface area (Å²) in [5, 5.41) is 0. The van der Waals surface area contributed by atoms with Crippen molar-refractivity contribution < 1.29 is 4.74 Å². The second-order valence-electron chi connectivity index (χ2n) is 6.68. The molecule has 6 nitrogen and oxygen atoms in total. The number of hydrogen-bond donors (Lipinski definition) is 0. The Kier molecular flexibility index (Phi) is 5.38. The van der Waals surface area contributed by atoms with Crippen LogP contribution < -0.4 is 14.5 Å². The Morgan fingerprint density at radius 2 is 1.84 bits per heavy atom. The van der Waals surface area contributed by atoms with Crippen molar-refractivity contribution in [2.24, 2.45) is 0 Å². The van der Waals surface area contributed by atoms with E-state index in [1.807, 2.05) is 44.1 Å². The van der Waals surface area contributed by atoms with Gasteiger partial charge in [0, 0.05) is 58.6 Å². The van der Waals surface area contributed by atoms with Gasteiger partial charge in [0.1, 0.15) is 11.6 Å². The topological polar surface area (TPSA) is 44.7 Å². The minimum Gasteiger partial charge on any atom is -0.497 e. The van der Waals surface area contributed by atoms with E-state index in [1.54, 1.807) is 7.11 Å². The summed E-state index contributed by atoms with van der Waals surface area (Å²) in [5.74, 6) is 2.71. The fraction of sp³-hybridized carbons (Fsp3) is 0.474. The van der Waals surface area contributed by atoms with E-state index in [9.17, 15) is 0 Å². The average Bonchev–Trinajstić information content (AvgIpc) is 2.62. The second-order valence-corrected chi connectivity index (χ2v) is 6.68. The first kappa shape index (κ1) is 17.5. The zero-order chi connectivity index (χ0) is 17.8. The Morgan fingerprint density at radius 3 is 2.52 bits per heavy atom. The van der Waals surface area contributed by atoms with Gasteiger partial charge in [0.05, 0.1) is 7.11 Å². The molecule has 2 heterocycles. The summed E-state index contributed by atoms with van der Waals surface area (Å²) in [4.78, 5) is 16.1. The third-order valence-electron chi connectivity index (χ3n) is 4.48. The molecule has 6 heteroatoms. The molecule has 0 bridgehead atoms. The van der Waals surface area contributed by atoms with Crippen LogP contribution in [0, 0.1) is 6.92 Å². The lowest BCUT2D eigenvalue weighted by Crippen LogP contribution is -2.46. The van der Waals surface area contributed by atoms with Crippen molar-refractivity contribution in [3.05, 3.63) is 41.6 Å². The Morgan fingerprint density at radius 1 is 1.08 bits per heavy atom. The fourth-order valence-electron chi connectivity index (χ4n) is 3.04. The third kappa shape index (κ3) is 4.39. The fourth-order valence-corrected chi connectivity index (χ4v) is 3.04. The van der Waals surface area contributed by atoms with Gasteiger partial charge in [0.25, 0.3) is 0 Å². The molecule has 0 radical (unpaired) electrons. The van der Waals surface area contributed by atoms with Crippen molar-refractivity contribution in [2.45, 2.75) is 13.5 Å². The van der Waals surface area contributed by atoms with Crippen LogP contribution in [0.15, 0.2) is 30.3 Å². The highest BCUT2D eigenvalue weighted by molar-refractivity contribution is 5.45. The molecule has 0 N–H and O–H groups in total. The predicted octanol–water partition coefficient (Wildman–Crippen LogP) is 2.18. The smallest absolute Gasteiger partial charge is 0.227 e. The lowest BCUT2D eigenvalue weighted by atomic mass is 10.2. The van der Waals surface area contributed by atoms with Gasteiger partial charge in [-0.1, -0.05) is 12.1 Å². The van der Waals surface area contributed by atoms with E-state index < -0.39 is 0 Å². The first-order valence-corrected chi connectivity index (χ1v) is 8.68. The highest BCUT2D eigenvalue weighted by Gasteiger charge is 2.20. The molecule has 0 aliphatic carbocycles. The molecule has 1 aliphatic rings. The normalized spacial score (nSPS) is 15.3. The highest BCUT2D eigenvalue weighted by Crippen LogP contribution is 2.19. The molecule has 2 aromatic rings. The number of ether oxygens (including phenoxy) is 1. The van der Waals surface area contributed by atoms with E-state index in [4.69, 9.17) is 9.72 Å². The molecule has 1 aliphatic heterocycles. The molecular formula is C19H27N5O. The van der Waals surface area contributed by atoms with E-state index in [0.717, 1.165) is 55.9 Å². The summed E-state index contributed by atoms with van der Waals surface area (Å²) < 4.78 is 5.31. The van der Waals surface area contributed by atoms with Gasteiger partial charge in [-0.2, -0.15) is 4.98 Å². The molecule has 0 amide bonds. The summed E-state index contributed by atoms with van der Waals surface area (Å²) in [6, 6.07) is 10.3. The van der Waals surface area contributed by atoms with Crippen molar-refractivity contribution >= 4 is 11.8 Å². The Balaban J connectivity index is 1.62. The Hall–Kier alpha value is -2.34. The molecule has 3 rings (SSSR count). The molecule has 1 saturated heterocycles. The third-order valence-corrected chi connectivity index (χ3v) is 4.48. The molecule has 25 heavy (non-hydrogen) atoms. The lowest BCUT2D eigenvalue weighted by Gasteiger charge is -2.35. The van der Waals surface area contributed by atoms with Crippen LogP contribution >= 0.6 is 0 Å². The molecule has 0 saturated carbocycles. The van der Waals surface area contributed by atoms with Crippen LogP contribution in [0.25, 0.3) is 0 Å². The van der Waals surface area contributed by atoms with Crippen LogP contribution in [0.1, 0.15) is 11.3 Å². The summed E-state index contributed by atoms with van der Waals surface area (Å²) in [5.41, 5.74) is 2.29. The first-order chi connectivity index (χ1) is 12.0. The first-order valence-electron chi connectivity index (χ1n) is 8.68. The van der Waals surface area contributed by atoms with Gasteiger partial charge < -0.3 is 14.5 Å². The minimum atomic E-state index is 0.838. The predicted molar refractivity (Wildman–Crippen MR) is 102 cm³/mol. The van der Waals surface area contributed by atoms with E-state index in [0.29, 0.717) is 0 Å².